The maximum absolute atomic E-state index is 11.6. The van der Waals surface area contributed by atoms with Crippen LogP contribution >= 0.6 is 12.6 Å². The van der Waals surface area contributed by atoms with E-state index in [-0.39, 0.29) is 5.41 Å². The number of aromatic nitrogens is 2. The molecule has 1 aromatic rings. The normalized spacial score (nSPS) is 11.7. The van der Waals surface area contributed by atoms with Crippen molar-refractivity contribution in [1.82, 2.24) is 9.13 Å². The second kappa shape index (κ2) is 4.26. The minimum atomic E-state index is -0.493. The predicted octanol–water partition coefficient (Wildman–Crippen LogP) is 0.503. The van der Waals surface area contributed by atoms with Gasteiger partial charge in [0.25, 0.3) is 0 Å². The molecule has 0 aromatic carbocycles. The summed E-state index contributed by atoms with van der Waals surface area (Å²) in [6.45, 7) is 4.51. The van der Waals surface area contributed by atoms with Gasteiger partial charge in [0.05, 0.1) is 0 Å². The van der Waals surface area contributed by atoms with E-state index < -0.39 is 11.1 Å². The molecule has 0 saturated heterocycles. The van der Waals surface area contributed by atoms with E-state index in [9.17, 15) is 9.59 Å². The maximum atomic E-state index is 11.6. The minimum Gasteiger partial charge on any atom is -0.312 e. The molecule has 1 heterocycles. The molecule has 5 heteroatoms. The Balaban J connectivity index is 3.14. The smallest absolute Gasteiger partial charge is 0.312 e. The molecular weight excluding hydrogens is 212 g/mol. The van der Waals surface area contributed by atoms with Crippen LogP contribution in [0.2, 0.25) is 0 Å². The Morgan fingerprint density at radius 1 is 1.27 bits per heavy atom. The van der Waals surface area contributed by atoms with Crippen molar-refractivity contribution in [2.45, 2.75) is 20.4 Å². The zero-order chi connectivity index (χ0) is 11.6. The Hall–Kier alpha value is -0.970. The molecule has 0 radical (unpaired) electrons. The largest absolute Gasteiger partial charge is 0.316 e. The summed E-state index contributed by atoms with van der Waals surface area (Å²) >= 11 is 4.21. The molecule has 0 spiro atoms. The van der Waals surface area contributed by atoms with Gasteiger partial charge < -0.3 is 9.13 Å². The monoisotopic (exact) mass is 228 g/mol. The van der Waals surface area contributed by atoms with Crippen molar-refractivity contribution in [2.24, 2.45) is 12.5 Å². The van der Waals surface area contributed by atoms with Gasteiger partial charge in [0.1, 0.15) is 0 Å². The summed E-state index contributed by atoms with van der Waals surface area (Å²) in [5.74, 6) is 0.661. The molecule has 15 heavy (non-hydrogen) atoms. The van der Waals surface area contributed by atoms with Gasteiger partial charge in [-0.2, -0.15) is 12.6 Å². The Kier molecular flexibility index (Phi) is 3.44. The van der Waals surface area contributed by atoms with Crippen LogP contribution in [0.15, 0.2) is 22.0 Å². The van der Waals surface area contributed by atoms with Crippen molar-refractivity contribution in [2.75, 3.05) is 5.75 Å². The number of rotatable bonds is 3. The Labute approximate surface area is 94.0 Å². The van der Waals surface area contributed by atoms with E-state index in [1.54, 1.807) is 19.4 Å². The molecular formula is C10H16N2O2S. The minimum absolute atomic E-state index is 0.0979. The van der Waals surface area contributed by atoms with Gasteiger partial charge >= 0.3 is 11.1 Å². The molecule has 0 amide bonds. The Bertz CT molecular complexity index is 459. The highest BCUT2D eigenvalue weighted by Gasteiger charge is 2.17. The lowest BCUT2D eigenvalue weighted by atomic mass is 9.96. The van der Waals surface area contributed by atoms with E-state index in [0.29, 0.717) is 12.3 Å². The van der Waals surface area contributed by atoms with E-state index in [1.165, 1.54) is 9.13 Å². The first-order chi connectivity index (χ1) is 6.87. The fourth-order valence-electron chi connectivity index (χ4n) is 1.23. The molecule has 0 aliphatic carbocycles. The van der Waals surface area contributed by atoms with Crippen molar-refractivity contribution >= 4 is 12.6 Å². The van der Waals surface area contributed by atoms with Crippen LogP contribution in [0.5, 0.6) is 0 Å². The lowest BCUT2D eigenvalue weighted by Gasteiger charge is -2.22. The van der Waals surface area contributed by atoms with Crippen LogP contribution < -0.4 is 11.1 Å². The molecule has 0 aliphatic heterocycles. The van der Waals surface area contributed by atoms with Crippen molar-refractivity contribution in [1.29, 1.82) is 0 Å². The van der Waals surface area contributed by atoms with Crippen LogP contribution in [0.3, 0.4) is 0 Å². The molecule has 0 saturated carbocycles. The van der Waals surface area contributed by atoms with Gasteiger partial charge in [-0.05, 0) is 11.2 Å². The molecule has 0 bridgehead atoms. The maximum Gasteiger partial charge on any atom is 0.316 e. The van der Waals surface area contributed by atoms with Crippen molar-refractivity contribution < 1.29 is 0 Å². The molecule has 1 rings (SSSR count). The highest BCUT2D eigenvalue weighted by atomic mass is 32.1. The highest BCUT2D eigenvalue weighted by Crippen LogP contribution is 2.18. The summed E-state index contributed by atoms with van der Waals surface area (Å²) in [6, 6.07) is 0. The molecule has 1 aromatic heterocycles. The SMILES string of the molecule is Cn1ccn(CC(C)(C)CS)c(=O)c1=O. The van der Waals surface area contributed by atoms with Crippen LogP contribution in [-0.2, 0) is 13.6 Å². The summed E-state index contributed by atoms with van der Waals surface area (Å²) in [7, 11) is 1.57. The third-order valence-electron chi connectivity index (χ3n) is 2.26. The van der Waals surface area contributed by atoms with Gasteiger partial charge in [0, 0.05) is 26.0 Å². The van der Waals surface area contributed by atoms with Gasteiger partial charge in [-0.25, -0.2) is 0 Å². The first-order valence-corrected chi connectivity index (χ1v) is 5.37. The van der Waals surface area contributed by atoms with E-state index in [2.05, 4.69) is 12.6 Å². The van der Waals surface area contributed by atoms with E-state index in [0.717, 1.165) is 0 Å². The van der Waals surface area contributed by atoms with Crippen molar-refractivity contribution in [3.63, 3.8) is 0 Å². The summed E-state index contributed by atoms with van der Waals surface area (Å²) < 4.78 is 2.73. The number of thiol groups is 1. The standard InChI is InChI=1S/C10H16N2O2S/c1-10(2,7-15)6-12-5-4-11(3)8(13)9(12)14/h4-5,15H,6-7H2,1-3H3. The van der Waals surface area contributed by atoms with Crippen LogP contribution in [-0.4, -0.2) is 14.9 Å². The number of nitrogens with zero attached hydrogens (tertiary/aromatic N) is 2. The van der Waals surface area contributed by atoms with Gasteiger partial charge in [-0.1, -0.05) is 13.8 Å². The van der Waals surface area contributed by atoms with E-state index in [4.69, 9.17) is 0 Å². The van der Waals surface area contributed by atoms with Gasteiger partial charge in [0.15, 0.2) is 0 Å². The molecule has 84 valence electrons. The third-order valence-corrected chi connectivity index (χ3v) is 3.12. The summed E-state index contributed by atoms with van der Waals surface area (Å²) in [5.41, 5.74) is -1.07. The molecule has 0 atom stereocenters. The van der Waals surface area contributed by atoms with Gasteiger partial charge in [-0.3, -0.25) is 9.59 Å². The van der Waals surface area contributed by atoms with Crippen LogP contribution in [0, 0.1) is 5.41 Å². The number of hydrogen-bond donors (Lipinski definition) is 1. The number of hydrogen-bond acceptors (Lipinski definition) is 3. The zero-order valence-corrected chi connectivity index (χ0v) is 10.1. The molecule has 0 fully saturated rings. The summed E-state index contributed by atoms with van der Waals surface area (Å²) in [5, 5.41) is 0. The zero-order valence-electron chi connectivity index (χ0n) is 9.23. The van der Waals surface area contributed by atoms with Gasteiger partial charge in [0.2, 0.25) is 0 Å². The summed E-state index contributed by atoms with van der Waals surface area (Å²) in [6.07, 6.45) is 3.23. The average molecular weight is 228 g/mol. The van der Waals surface area contributed by atoms with Crippen LogP contribution in [0.1, 0.15) is 13.8 Å². The highest BCUT2D eigenvalue weighted by molar-refractivity contribution is 7.80. The Morgan fingerprint density at radius 3 is 2.40 bits per heavy atom. The molecule has 0 unspecified atom stereocenters. The quantitative estimate of drug-likeness (QED) is 0.605. The lowest BCUT2D eigenvalue weighted by Crippen LogP contribution is -2.41. The topological polar surface area (TPSA) is 44.0 Å². The van der Waals surface area contributed by atoms with E-state index >= 15 is 0 Å². The van der Waals surface area contributed by atoms with Crippen molar-refractivity contribution in [3.8, 4) is 0 Å². The predicted molar refractivity (Wildman–Crippen MR) is 63.6 cm³/mol. The summed E-state index contributed by atoms with van der Waals surface area (Å²) in [4.78, 5) is 23.0. The first-order valence-electron chi connectivity index (χ1n) is 4.74. The van der Waals surface area contributed by atoms with Crippen molar-refractivity contribution in [3.05, 3.63) is 33.1 Å². The lowest BCUT2D eigenvalue weighted by molar-refractivity contribution is 0.344. The molecule has 0 N–H and O–H groups in total. The average Bonchev–Trinajstić information content (AvgIpc) is 2.19. The number of aryl methyl sites for hydroxylation is 1. The second-order valence-electron chi connectivity index (χ2n) is 4.47. The Morgan fingerprint density at radius 2 is 1.87 bits per heavy atom. The molecule has 0 aliphatic rings. The fourth-order valence-corrected chi connectivity index (χ4v) is 1.33. The first kappa shape index (κ1) is 12.1. The fraction of sp³-hybridized carbons (Fsp3) is 0.600. The van der Waals surface area contributed by atoms with Crippen LogP contribution in [0.4, 0.5) is 0 Å². The van der Waals surface area contributed by atoms with E-state index in [1.807, 2.05) is 13.8 Å². The van der Waals surface area contributed by atoms with Gasteiger partial charge in [-0.15, -0.1) is 0 Å². The van der Waals surface area contributed by atoms with Crippen LogP contribution in [0.25, 0.3) is 0 Å². The third kappa shape index (κ3) is 2.75. The second-order valence-corrected chi connectivity index (χ2v) is 4.79. The molecule has 4 nitrogen and oxygen atoms in total.